The molecular formula is C44H30N4O4S2. The van der Waals surface area contributed by atoms with Crippen LogP contribution in [0.5, 0.6) is 0 Å². The van der Waals surface area contributed by atoms with E-state index in [4.69, 9.17) is 24.4 Å². The number of carbonyl (C=O) groups is 4. The van der Waals surface area contributed by atoms with Gasteiger partial charge in [0.2, 0.25) is 0 Å². The Morgan fingerprint density at radius 2 is 0.796 bits per heavy atom. The first-order valence-corrected chi connectivity index (χ1v) is 18.0. The number of thiocarbonyl (C=S) groups is 2. The fourth-order valence-corrected chi connectivity index (χ4v) is 7.58. The molecular weight excluding hydrogens is 713 g/mol. The topological polar surface area (TPSA) is 98.8 Å². The molecule has 2 heterocycles. The van der Waals surface area contributed by atoms with Gasteiger partial charge in [0.25, 0.3) is 11.6 Å². The Labute approximate surface area is 321 Å². The smallest absolute Gasteiger partial charge is 0.304 e. The van der Waals surface area contributed by atoms with Crippen LogP contribution in [-0.2, 0) is 19.2 Å². The summed E-state index contributed by atoms with van der Waals surface area (Å²) in [6.07, 6.45) is 0. The van der Waals surface area contributed by atoms with Crippen molar-refractivity contribution in [3.8, 4) is 0 Å². The van der Waals surface area contributed by atoms with Crippen molar-refractivity contribution in [2.75, 3.05) is 22.9 Å². The molecule has 6 aromatic carbocycles. The zero-order valence-electron chi connectivity index (χ0n) is 28.6. The maximum atomic E-state index is 13.7. The van der Waals surface area contributed by atoms with Gasteiger partial charge in [-0.3, -0.25) is 29.0 Å². The van der Waals surface area contributed by atoms with Crippen molar-refractivity contribution in [3.63, 3.8) is 0 Å². The lowest BCUT2D eigenvalue weighted by Gasteiger charge is -2.19. The van der Waals surface area contributed by atoms with Crippen LogP contribution in [0.4, 0.5) is 11.4 Å². The molecule has 262 valence electrons. The summed E-state index contributed by atoms with van der Waals surface area (Å²) in [4.78, 5) is 57.1. The number of amides is 2. The normalized spacial score (nSPS) is 16.5. The molecule has 2 aliphatic rings. The van der Waals surface area contributed by atoms with Gasteiger partial charge in [0, 0.05) is 13.1 Å². The number of nitrogens with zero attached hydrogens (tertiary/aromatic N) is 2. The molecule has 0 aliphatic carbocycles. The van der Waals surface area contributed by atoms with Gasteiger partial charge in [0.05, 0.1) is 33.9 Å². The predicted molar refractivity (Wildman–Crippen MR) is 221 cm³/mol. The molecule has 0 saturated carbocycles. The molecule has 8 nitrogen and oxygen atoms in total. The highest BCUT2D eigenvalue weighted by Gasteiger charge is 2.44. The van der Waals surface area contributed by atoms with E-state index in [0.717, 1.165) is 21.5 Å². The van der Waals surface area contributed by atoms with Crippen LogP contribution in [0.3, 0.4) is 0 Å². The number of Topliss-reactive ketones (excluding diaryl/α,β-unsaturated/α-hetero) is 2. The number of hydrogen-bond acceptors (Lipinski definition) is 8. The average Bonchev–Trinajstić information content (AvgIpc) is 3.57. The Morgan fingerprint density at radius 1 is 0.444 bits per heavy atom. The minimum atomic E-state index is -0.733. The third kappa shape index (κ3) is 6.17. The lowest BCUT2D eigenvalue weighted by Crippen LogP contribution is -2.30. The summed E-state index contributed by atoms with van der Waals surface area (Å²) < 4.78 is 0. The van der Waals surface area contributed by atoms with Crippen LogP contribution < -0.4 is 20.4 Å². The average molecular weight is 743 g/mol. The molecule has 6 aromatic rings. The van der Waals surface area contributed by atoms with E-state index in [2.05, 4.69) is 10.6 Å². The van der Waals surface area contributed by atoms with Gasteiger partial charge < -0.3 is 10.6 Å². The molecule has 2 fully saturated rings. The monoisotopic (exact) mass is 742 g/mol. The number of para-hydroxylation sites is 2. The Balaban J connectivity index is 1.16. The van der Waals surface area contributed by atoms with Gasteiger partial charge in [0.1, 0.15) is 9.98 Å². The fraction of sp³-hybridized carbons (Fsp3) is 0.0455. The van der Waals surface area contributed by atoms with Gasteiger partial charge >= 0.3 is 11.8 Å². The van der Waals surface area contributed by atoms with Crippen LogP contribution in [0, 0.1) is 0 Å². The van der Waals surface area contributed by atoms with Crippen molar-refractivity contribution in [1.82, 2.24) is 10.6 Å². The van der Waals surface area contributed by atoms with Crippen LogP contribution in [0.15, 0.2) is 157 Å². The molecule has 0 bridgehead atoms. The lowest BCUT2D eigenvalue weighted by atomic mass is 10.0. The maximum absolute atomic E-state index is 13.7. The van der Waals surface area contributed by atoms with Crippen molar-refractivity contribution in [1.29, 1.82) is 0 Å². The first kappa shape index (κ1) is 34.5. The largest absolute Gasteiger partial charge is 0.382 e. The van der Waals surface area contributed by atoms with Crippen LogP contribution in [0.25, 0.3) is 32.9 Å². The highest BCUT2D eigenvalue weighted by molar-refractivity contribution is 7.81. The number of ketones is 2. The molecule has 54 heavy (non-hydrogen) atoms. The number of benzene rings is 6. The third-order valence-corrected chi connectivity index (χ3v) is 10.2. The second kappa shape index (κ2) is 14.4. The van der Waals surface area contributed by atoms with Crippen LogP contribution >= 0.6 is 24.4 Å². The molecule has 0 unspecified atom stereocenters. The van der Waals surface area contributed by atoms with E-state index in [0.29, 0.717) is 33.9 Å². The van der Waals surface area contributed by atoms with Gasteiger partial charge in [-0.1, -0.05) is 134 Å². The van der Waals surface area contributed by atoms with Crippen molar-refractivity contribution < 1.29 is 19.2 Å². The first-order chi connectivity index (χ1) is 26.3. The summed E-state index contributed by atoms with van der Waals surface area (Å²) in [7, 11) is 0. The number of fused-ring (bicyclic) bond motifs is 2. The first-order valence-electron chi connectivity index (χ1n) is 17.2. The standard InChI is InChI=1S/C44H30N4O4S2/c49-39-35(43(53)47(41(39)51)33-15-3-1-4-16-33)37(31-21-19-27-11-7-9-13-29(27)25-31)45-23-24-46-38(32-22-20-28-12-8-10-14-30(28)26-32)36-40(50)42(52)48(44(36)54)34-17-5-2-6-18-34/h1-22,25-26,45-46H,23-24H2/b37-35-,38-36-. The van der Waals surface area contributed by atoms with E-state index in [1.807, 2.05) is 97.1 Å². The Morgan fingerprint density at radius 3 is 1.19 bits per heavy atom. The van der Waals surface area contributed by atoms with Gasteiger partial charge in [-0.2, -0.15) is 0 Å². The van der Waals surface area contributed by atoms with Gasteiger partial charge in [-0.25, -0.2) is 0 Å². The number of rotatable bonds is 9. The Kier molecular flexibility index (Phi) is 9.20. The summed E-state index contributed by atoms with van der Waals surface area (Å²) in [5.41, 5.74) is 3.34. The van der Waals surface area contributed by atoms with Crippen LogP contribution in [0.2, 0.25) is 0 Å². The zero-order chi connectivity index (χ0) is 37.3. The molecule has 0 spiro atoms. The minimum Gasteiger partial charge on any atom is -0.382 e. The third-order valence-electron chi connectivity index (χ3n) is 9.42. The molecule has 0 radical (unpaired) electrons. The summed E-state index contributed by atoms with van der Waals surface area (Å²) in [6.45, 7) is 0.450. The van der Waals surface area contributed by atoms with Gasteiger partial charge in [-0.05, 0) is 69.1 Å². The van der Waals surface area contributed by atoms with Crippen molar-refractivity contribution in [2.24, 2.45) is 0 Å². The van der Waals surface area contributed by atoms with Crippen molar-refractivity contribution >= 4 is 102 Å². The molecule has 2 aliphatic heterocycles. The SMILES string of the molecule is O=C1C(=O)N(c2ccccc2)C(=S)/C1=C(\NCCN/C(=C1/C(=O)C(=O)N(c2ccccc2)C1=S)c1ccc2ccccc2c1)c1ccc2ccccc2c1. The molecule has 0 aromatic heterocycles. The zero-order valence-corrected chi connectivity index (χ0v) is 30.2. The van der Waals surface area contributed by atoms with Crippen LogP contribution in [-0.4, -0.2) is 46.4 Å². The molecule has 10 heteroatoms. The van der Waals surface area contributed by atoms with E-state index >= 15 is 0 Å². The van der Waals surface area contributed by atoms with E-state index in [1.54, 1.807) is 48.5 Å². The summed E-state index contributed by atoms with van der Waals surface area (Å²) in [5, 5.41) is 10.7. The van der Waals surface area contributed by atoms with E-state index < -0.39 is 23.4 Å². The van der Waals surface area contributed by atoms with Gasteiger partial charge in [-0.15, -0.1) is 0 Å². The summed E-state index contributed by atoms with van der Waals surface area (Å²) in [6, 6.07) is 45.0. The van der Waals surface area contributed by atoms with E-state index in [-0.39, 0.29) is 34.2 Å². The van der Waals surface area contributed by atoms with Crippen LogP contribution in [0.1, 0.15) is 11.1 Å². The fourth-order valence-electron chi connectivity index (χ4n) is 6.82. The number of nitrogens with one attached hydrogen (secondary N) is 2. The highest BCUT2D eigenvalue weighted by atomic mass is 32.1. The predicted octanol–water partition coefficient (Wildman–Crippen LogP) is 7.18. The quantitative estimate of drug-likeness (QED) is 0.0697. The number of carbonyl (C=O) groups excluding carboxylic acids is 4. The molecule has 2 amide bonds. The number of hydrogen-bond donors (Lipinski definition) is 2. The van der Waals surface area contributed by atoms with Gasteiger partial charge in [0.15, 0.2) is 0 Å². The second-order valence-corrected chi connectivity index (χ2v) is 13.5. The Hall–Kier alpha value is -6.62. The minimum absolute atomic E-state index is 0.0958. The molecule has 8 rings (SSSR count). The summed E-state index contributed by atoms with van der Waals surface area (Å²) >= 11 is 11.7. The Bertz CT molecular complexity index is 2450. The molecule has 2 N–H and O–H groups in total. The van der Waals surface area contributed by atoms with Crippen molar-refractivity contribution in [3.05, 3.63) is 168 Å². The van der Waals surface area contributed by atoms with Crippen molar-refractivity contribution in [2.45, 2.75) is 0 Å². The summed E-state index contributed by atoms with van der Waals surface area (Å²) in [5.74, 6) is -2.90. The molecule has 0 atom stereocenters. The molecule has 2 saturated heterocycles. The highest BCUT2D eigenvalue weighted by Crippen LogP contribution is 2.33. The number of anilines is 2. The maximum Gasteiger partial charge on any atom is 0.304 e. The lowest BCUT2D eigenvalue weighted by molar-refractivity contribution is -0.132. The van der Waals surface area contributed by atoms with E-state index in [9.17, 15) is 19.2 Å². The second-order valence-electron chi connectivity index (χ2n) is 12.7. The van der Waals surface area contributed by atoms with E-state index in [1.165, 1.54) is 9.80 Å².